The highest BCUT2D eigenvalue weighted by Gasteiger charge is 2.27. The van der Waals surface area contributed by atoms with E-state index in [4.69, 9.17) is 0 Å². The Morgan fingerprint density at radius 2 is 1.57 bits per heavy atom. The summed E-state index contributed by atoms with van der Waals surface area (Å²) in [7, 11) is 0. The highest BCUT2D eigenvalue weighted by molar-refractivity contribution is 7.20. The quantitative estimate of drug-likeness (QED) is 0.156. The van der Waals surface area contributed by atoms with Gasteiger partial charge in [-0.15, -0.1) is 11.3 Å². The second-order valence-electron chi connectivity index (χ2n) is 8.32. The molecule has 0 radical (unpaired) electrons. The number of nitro groups is 1. The number of ketones is 2. The summed E-state index contributed by atoms with van der Waals surface area (Å²) in [6.07, 6.45) is 1.49. The van der Waals surface area contributed by atoms with Gasteiger partial charge in [-0.05, 0) is 41.1 Å². The number of hydrogen-bond donors (Lipinski definition) is 0. The lowest BCUT2D eigenvalue weighted by atomic mass is 9.99. The van der Waals surface area contributed by atoms with Crippen LogP contribution in [0.4, 0.5) is 5.69 Å². The number of carbonyl (C=O) groups excluding carboxylic acids is 2. The predicted octanol–water partition coefficient (Wildman–Crippen LogP) is 6.01. The third-order valence-electron chi connectivity index (χ3n) is 6.00. The van der Waals surface area contributed by atoms with E-state index in [-0.39, 0.29) is 27.7 Å². The first kappa shape index (κ1) is 22.4. The molecule has 0 saturated heterocycles. The zero-order valence-electron chi connectivity index (χ0n) is 19.1. The molecule has 0 aliphatic rings. The molecule has 0 unspecified atom stereocenters. The van der Waals surface area contributed by atoms with Crippen LogP contribution in [0.15, 0.2) is 97.2 Å². The van der Waals surface area contributed by atoms with E-state index in [9.17, 15) is 19.7 Å². The van der Waals surface area contributed by atoms with E-state index < -0.39 is 10.7 Å². The van der Waals surface area contributed by atoms with Crippen molar-refractivity contribution < 1.29 is 14.5 Å². The highest BCUT2D eigenvalue weighted by atomic mass is 32.1. The first-order valence-corrected chi connectivity index (χ1v) is 12.1. The standard InChI is InChI=1S/C28H16N4O4S/c33-26(19-10-9-17-5-1-2-6-18(17)15-19)22-16-31(20-11-13-21(14-12-20)32(35)36)30-25(22)27(34)28-29-23-7-3-4-8-24(23)37-28/h1-16H. The molecule has 0 atom stereocenters. The van der Waals surface area contributed by atoms with E-state index in [1.807, 2.05) is 54.6 Å². The molecule has 37 heavy (non-hydrogen) atoms. The maximum atomic E-state index is 13.7. The normalized spacial score (nSPS) is 11.1. The first-order chi connectivity index (χ1) is 18.0. The van der Waals surface area contributed by atoms with Crippen molar-refractivity contribution >= 4 is 49.6 Å². The number of nitrogens with zero attached hydrogens (tertiary/aromatic N) is 4. The molecule has 6 aromatic rings. The Hall–Kier alpha value is -5.02. The van der Waals surface area contributed by atoms with E-state index >= 15 is 0 Å². The van der Waals surface area contributed by atoms with Gasteiger partial charge < -0.3 is 0 Å². The Morgan fingerprint density at radius 3 is 2.32 bits per heavy atom. The number of para-hydroxylation sites is 1. The number of carbonyl (C=O) groups is 2. The van der Waals surface area contributed by atoms with Crippen LogP contribution in [-0.4, -0.2) is 31.3 Å². The summed E-state index contributed by atoms with van der Waals surface area (Å²) in [6, 6.07) is 26.2. The van der Waals surface area contributed by atoms with Crippen molar-refractivity contribution in [2.45, 2.75) is 0 Å². The van der Waals surface area contributed by atoms with E-state index in [1.165, 1.54) is 46.5 Å². The second-order valence-corrected chi connectivity index (χ2v) is 9.35. The lowest BCUT2D eigenvalue weighted by Crippen LogP contribution is -2.10. The minimum Gasteiger partial charge on any atom is -0.288 e. The van der Waals surface area contributed by atoms with Crippen LogP contribution in [0.3, 0.4) is 0 Å². The summed E-state index contributed by atoms with van der Waals surface area (Å²) in [5.41, 5.74) is 1.59. The summed E-state index contributed by atoms with van der Waals surface area (Å²) in [5.74, 6) is -0.825. The Balaban J connectivity index is 1.47. The highest BCUT2D eigenvalue weighted by Crippen LogP contribution is 2.27. The molecule has 2 heterocycles. The van der Waals surface area contributed by atoms with Gasteiger partial charge in [-0.25, -0.2) is 9.67 Å². The Labute approximate surface area is 213 Å². The number of thiazole rings is 1. The Bertz CT molecular complexity index is 1820. The fraction of sp³-hybridized carbons (Fsp3) is 0. The Kier molecular flexibility index (Phi) is 5.39. The molecule has 0 bridgehead atoms. The molecule has 0 N–H and O–H groups in total. The molecule has 0 aliphatic carbocycles. The van der Waals surface area contributed by atoms with E-state index in [1.54, 1.807) is 12.1 Å². The number of aromatic nitrogens is 3. The van der Waals surface area contributed by atoms with Crippen molar-refractivity contribution in [1.82, 2.24) is 14.8 Å². The molecule has 8 nitrogen and oxygen atoms in total. The van der Waals surface area contributed by atoms with E-state index in [0.717, 1.165) is 15.5 Å². The van der Waals surface area contributed by atoms with Gasteiger partial charge in [0.25, 0.3) is 5.69 Å². The lowest BCUT2D eigenvalue weighted by Gasteiger charge is -2.03. The van der Waals surface area contributed by atoms with Crippen LogP contribution >= 0.6 is 11.3 Å². The van der Waals surface area contributed by atoms with Gasteiger partial charge in [0.1, 0.15) is 5.69 Å². The number of non-ortho nitro benzene ring substituents is 1. The molecule has 178 valence electrons. The second kappa shape index (κ2) is 8.89. The molecule has 6 rings (SSSR count). The smallest absolute Gasteiger partial charge is 0.269 e. The van der Waals surface area contributed by atoms with Gasteiger partial charge in [-0.1, -0.05) is 48.5 Å². The van der Waals surface area contributed by atoms with Gasteiger partial charge in [0, 0.05) is 23.9 Å². The molecule has 9 heteroatoms. The summed E-state index contributed by atoms with van der Waals surface area (Å²) in [4.78, 5) is 42.3. The van der Waals surface area contributed by atoms with Crippen molar-refractivity contribution in [2.24, 2.45) is 0 Å². The lowest BCUT2D eigenvalue weighted by molar-refractivity contribution is -0.384. The summed E-state index contributed by atoms with van der Waals surface area (Å²) >= 11 is 1.23. The monoisotopic (exact) mass is 504 g/mol. The van der Waals surface area contributed by atoms with Gasteiger partial charge in [0.05, 0.1) is 26.4 Å². The molecule has 0 aliphatic heterocycles. The van der Waals surface area contributed by atoms with Crippen molar-refractivity contribution in [3.8, 4) is 5.69 Å². The van der Waals surface area contributed by atoms with Crippen LogP contribution < -0.4 is 0 Å². The number of hydrogen-bond acceptors (Lipinski definition) is 7. The van der Waals surface area contributed by atoms with Gasteiger partial charge in [-0.2, -0.15) is 5.10 Å². The molecule has 4 aromatic carbocycles. The SMILES string of the molecule is O=C(c1ccc2ccccc2c1)c1cn(-c2ccc([N+](=O)[O-])cc2)nc1C(=O)c1nc2ccccc2s1. The minimum absolute atomic E-state index is 0.0319. The maximum Gasteiger partial charge on any atom is 0.269 e. The van der Waals surface area contributed by atoms with Crippen LogP contribution in [0.5, 0.6) is 0 Å². The van der Waals surface area contributed by atoms with Crippen molar-refractivity contribution in [3.63, 3.8) is 0 Å². The van der Waals surface area contributed by atoms with Gasteiger partial charge >= 0.3 is 0 Å². The fourth-order valence-electron chi connectivity index (χ4n) is 4.12. The van der Waals surface area contributed by atoms with Crippen molar-refractivity contribution in [2.75, 3.05) is 0 Å². The largest absolute Gasteiger partial charge is 0.288 e. The minimum atomic E-state index is -0.496. The fourth-order valence-corrected chi connectivity index (χ4v) is 5.03. The average molecular weight is 505 g/mol. The summed E-state index contributed by atoms with van der Waals surface area (Å²) in [5, 5.41) is 17.6. The topological polar surface area (TPSA) is 108 Å². The molecule has 0 saturated carbocycles. The number of nitro benzene ring substituents is 1. The van der Waals surface area contributed by atoms with Gasteiger partial charge in [0.2, 0.25) is 5.78 Å². The Morgan fingerprint density at radius 1 is 0.838 bits per heavy atom. The third-order valence-corrected chi connectivity index (χ3v) is 7.03. The van der Waals surface area contributed by atoms with Gasteiger partial charge in [0.15, 0.2) is 10.8 Å². The molecule has 2 aromatic heterocycles. The number of rotatable bonds is 6. The van der Waals surface area contributed by atoms with E-state index in [0.29, 0.717) is 16.8 Å². The molecule has 0 spiro atoms. The summed E-state index contributed by atoms with van der Waals surface area (Å²) < 4.78 is 2.24. The van der Waals surface area contributed by atoms with Crippen LogP contribution in [-0.2, 0) is 0 Å². The van der Waals surface area contributed by atoms with Crippen molar-refractivity contribution in [1.29, 1.82) is 0 Å². The summed E-state index contributed by atoms with van der Waals surface area (Å²) in [6.45, 7) is 0. The van der Waals surface area contributed by atoms with Crippen molar-refractivity contribution in [3.05, 3.63) is 129 Å². The van der Waals surface area contributed by atoms with Crippen LogP contribution in [0, 0.1) is 10.1 Å². The first-order valence-electron chi connectivity index (χ1n) is 11.3. The zero-order chi connectivity index (χ0) is 25.5. The van der Waals surface area contributed by atoms with Gasteiger partial charge in [-0.3, -0.25) is 19.7 Å². The zero-order valence-corrected chi connectivity index (χ0v) is 19.9. The molecule has 0 fully saturated rings. The molecular weight excluding hydrogens is 488 g/mol. The van der Waals surface area contributed by atoms with E-state index in [2.05, 4.69) is 10.1 Å². The predicted molar refractivity (Wildman–Crippen MR) is 141 cm³/mol. The molecule has 0 amide bonds. The average Bonchev–Trinajstić information content (AvgIpc) is 3.57. The third kappa shape index (κ3) is 4.07. The van der Waals surface area contributed by atoms with Crippen LogP contribution in [0.25, 0.3) is 26.7 Å². The maximum absolute atomic E-state index is 13.7. The molecular formula is C28H16N4O4S. The van der Waals surface area contributed by atoms with Crippen LogP contribution in [0.1, 0.15) is 31.4 Å². The number of benzene rings is 4. The van der Waals surface area contributed by atoms with Crippen LogP contribution in [0.2, 0.25) is 0 Å². The number of fused-ring (bicyclic) bond motifs is 2.